The number of nitrogens with zero attached hydrogens (tertiary/aromatic N) is 5. The van der Waals surface area contributed by atoms with Crippen molar-refractivity contribution in [1.29, 1.82) is 0 Å². The number of hydrogen-bond donors (Lipinski definition) is 0. The Bertz CT molecular complexity index is 1000. The van der Waals surface area contributed by atoms with Crippen LogP contribution in [0.15, 0.2) is 61.4 Å². The first-order chi connectivity index (χ1) is 14.1. The predicted octanol–water partition coefficient (Wildman–Crippen LogP) is 3.64. The van der Waals surface area contributed by atoms with Crippen molar-refractivity contribution in [3.05, 3.63) is 66.2 Å². The minimum Gasteiger partial charge on any atom is -0.493 e. The van der Waals surface area contributed by atoms with E-state index in [-0.39, 0.29) is 0 Å². The zero-order chi connectivity index (χ0) is 20.6. The van der Waals surface area contributed by atoms with Crippen molar-refractivity contribution in [2.24, 2.45) is 0 Å². The lowest BCUT2D eigenvalue weighted by molar-refractivity contribution is 0.194. The van der Waals surface area contributed by atoms with Crippen molar-refractivity contribution in [1.82, 2.24) is 24.2 Å². The largest absolute Gasteiger partial charge is 0.493 e. The van der Waals surface area contributed by atoms with E-state index in [2.05, 4.69) is 16.5 Å². The molecule has 8 heteroatoms. The zero-order valence-electron chi connectivity index (χ0n) is 16.7. The quantitative estimate of drug-likeness (QED) is 0.375. The molecule has 0 fully saturated rings. The number of likely N-dealkylation sites (N-methyl/N-ethyl adjacent to an activating group) is 1. The van der Waals surface area contributed by atoms with Gasteiger partial charge in [0, 0.05) is 31.0 Å². The summed E-state index contributed by atoms with van der Waals surface area (Å²) in [5, 5.41) is 4.72. The van der Waals surface area contributed by atoms with Gasteiger partial charge in [0.25, 0.3) is 0 Å². The Morgan fingerprint density at radius 3 is 2.69 bits per heavy atom. The van der Waals surface area contributed by atoms with Crippen LogP contribution in [0.1, 0.15) is 0 Å². The van der Waals surface area contributed by atoms with Crippen LogP contribution in [-0.4, -0.2) is 51.5 Å². The number of hydrogen-bond acceptors (Lipinski definition) is 6. The molecule has 0 atom stereocenters. The number of benzene rings is 1. The van der Waals surface area contributed by atoms with Crippen LogP contribution < -0.4 is 9.47 Å². The third-order valence-corrected chi connectivity index (χ3v) is 4.76. The smallest absolute Gasteiger partial charge is 0.199 e. The Kier molecular flexibility index (Phi) is 7.15. The second-order valence-corrected chi connectivity index (χ2v) is 6.83. The average molecular weight is 412 g/mol. The molecule has 2 aromatic heterocycles. The Hall–Kier alpha value is -2.97. The molecule has 7 nitrogen and oxygen atoms in total. The Balaban J connectivity index is 1.68. The topological polar surface area (TPSA) is 57.3 Å². The van der Waals surface area contributed by atoms with Gasteiger partial charge in [-0.1, -0.05) is 18.2 Å². The summed E-state index contributed by atoms with van der Waals surface area (Å²) in [6.07, 6.45) is 5.33. The summed E-state index contributed by atoms with van der Waals surface area (Å²) in [6, 6.07) is 11.5. The van der Waals surface area contributed by atoms with Crippen LogP contribution in [0.4, 0.5) is 0 Å². The molecule has 0 aliphatic heterocycles. The minimum atomic E-state index is 0.521. The van der Waals surface area contributed by atoms with Gasteiger partial charge in [0.2, 0.25) is 0 Å². The molecule has 152 valence electrons. The molecule has 0 spiro atoms. The van der Waals surface area contributed by atoms with Crippen LogP contribution >= 0.6 is 12.2 Å². The molecule has 0 radical (unpaired) electrons. The molecule has 0 aliphatic carbocycles. The van der Waals surface area contributed by atoms with Gasteiger partial charge in [-0.2, -0.15) is 5.10 Å². The number of aromatic nitrogens is 4. The van der Waals surface area contributed by atoms with Crippen molar-refractivity contribution in [3.8, 4) is 22.9 Å². The third-order valence-electron chi connectivity index (χ3n) is 4.33. The minimum absolute atomic E-state index is 0.521. The monoisotopic (exact) mass is 411 g/mol. The molecule has 1 aromatic carbocycles. The van der Waals surface area contributed by atoms with E-state index in [0.717, 1.165) is 22.9 Å². The summed E-state index contributed by atoms with van der Waals surface area (Å²) in [7, 11) is 3.64. The molecule has 0 unspecified atom stereocenters. The van der Waals surface area contributed by atoms with E-state index in [1.807, 2.05) is 58.8 Å². The van der Waals surface area contributed by atoms with Crippen LogP contribution in [0.5, 0.6) is 11.5 Å². The maximum absolute atomic E-state index is 5.85. The molecule has 0 amide bonds. The molecule has 0 saturated carbocycles. The lowest BCUT2D eigenvalue weighted by Crippen LogP contribution is -2.27. The molecule has 2 heterocycles. The van der Waals surface area contributed by atoms with Gasteiger partial charge in [0.15, 0.2) is 22.1 Å². The highest BCUT2D eigenvalue weighted by atomic mass is 32.1. The lowest BCUT2D eigenvalue weighted by Gasteiger charge is -2.17. The Labute approximate surface area is 175 Å². The second kappa shape index (κ2) is 9.99. The SMILES string of the molecule is C=CCn1c(-c2cccnc2)nn(CN(C)CCOc2ccccc2OC)c1=S. The van der Waals surface area contributed by atoms with E-state index in [0.29, 0.717) is 31.1 Å². The number of pyridine rings is 1. The lowest BCUT2D eigenvalue weighted by atomic mass is 10.3. The predicted molar refractivity (Wildman–Crippen MR) is 116 cm³/mol. The van der Waals surface area contributed by atoms with E-state index in [1.54, 1.807) is 19.5 Å². The average Bonchev–Trinajstić information content (AvgIpc) is 3.05. The van der Waals surface area contributed by atoms with Crippen molar-refractivity contribution in [2.75, 3.05) is 27.3 Å². The molecule has 29 heavy (non-hydrogen) atoms. The van der Waals surface area contributed by atoms with E-state index in [1.165, 1.54) is 0 Å². The molecule has 3 aromatic rings. The fourth-order valence-electron chi connectivity index (χ4n) is 2.88. The van der Waals surface area contributed by atoms with Gasteiger partial charge in [-0.25, -0.2) is 4.68 Å². The molecule has 0 aliphatic rings. The second-order valence-electron chi connectivity index (χ2n) is 6.47. The van der Waals surface area contributed by atoms with Gasteiger partial charge in [-0.3, -0.25) is 14.5 Å². The van der Waals surface area contributed by atoms with E-state index in [4.69, 9.17) is 26.8 Å². The molecular weight excluding hydrogens is 386 g/mol. The Morgan fingerprint density at radius 1 is 1.21 bits per heavy atom. The maximum atomic E-state index is 5.85. The first-order valence-electron chi connectivity index (χ1n) is 9.27. The first-order valence-corrected chi connectivity index (χ1v) is 9.68. The summed E-state index contributed by atoms with van der Waals surface area (Å²) < 4.78 is 15.6. The summed E-state index contributed by atoms with van der Waals surface area (Å²) >= 11 is 5.64. The van der Waals surface area contributed by atoms with Gasteiger partial charge < -0.3 is 9.47 Å². The molecular formula is C21H25N5O2S. The number of ether oxygens (including phenoxy) is 2. The zero-order valence-corrected chi connectivity index (χ0v) is 17.5. The number of allylic oxidation sites excluding steroid dienone is 1. The summed E-state index contributed by atoms with van der Waals surface area (Å²) in [4.78, 5) is 6.29. The standard InChI is InChI=1S/C21H25N5O2S/c1-4-12-25-20(17-8-7-11-22-15-17)23-26(21(25)29)16-24(2)13-14-28-19-10-6-5-9-18(19)27-3/h4-11,15H,1,12-14,16H2,2-3H3. The van der Waals surface area contributed by atoms with Crippen molar-refractivity contribution < 1.29 is 9.47 Å². The van der Waals surface area contributed by atoms with Crippen LogP contribution in [0.2, 0.25) is 0 Å². The van der Waals surface area contributed by atoms with Crippen molar-refractivity contribution in [2.45, 2.75) is 13.2 Å². The fraction of sp³-hybridized carbons (Fsp3) is 0.286. The number of para-hydroxylation sites is 2. The van der Waals surface area contributed by atoms with E-state index < -0.39 is 0 Å². The number of rotatable bonds is 10. The Morgan fingerprint density at radius 2 is 2.00 bits per heavy atom. The van der Waals surface area contributed by atoms with Gasteiger partial charge >= 0.3 is 0 Å². The fourth-order valence-corrected chi connectivity index (χ4v) is 3.14. The van der Waals surface area contributed by atoms with Crippen molar-refractivity contribution >= 4 is 12.2 Å². The third kappa shape index (κ3) is 5.10. The van der Waals surface area contributed by atoms with Gasteiger partial charge in [-0.15, -0.1) is 6.58 Å². The van der Waals surface area contributed by atoms with Gasteiger partial charge in [0.05, 0.1) is 13.8 Å². The van der Waals surface area contributed by atoms with Crippen molar-refractivity contribution in [3.63, 3.8) is 0 Å². The molecule has 0 bridgehead atoms. The molecule has 0 N–H and O–H groups in total. The van der Waals surface area contributed by atoms with Crippen LogP contribution in [0.25, 0.3) is 11.4 Å². The summed E-state index contributed by atoms with van der Waals surface area (Å²) in [6.45, 7) is 6.19. The first kappa shape index (κ1) is 20.8. The van der Waals surface area contributed by atoms with Gasteiger partial charge in [-0.05, 0) is 43.5 Å². The van der Waals surface area contributed by atoms with E-state index in [9.17, 15) is 0 Å². The summed E-state index contributed by atoms with van der Waals surface area (Å²) in [5.74, 6) is 2.23. The highest BCUT2D eigenvalue weighted by molar-refractivity contribution is 7.71. The van der Waals surface area contributed by atoms with Crippen LogP contribution in [0.3, 0.4) is 0 Å². The van der Waals surface area contributed by atoms with E-state index >= 15 is 0 Å². The maximum Gasteiger partial charge on any atom is 0.199 e. The van der Waals surface area contributed by atoms with Crippen LogP contribution in [-0.2, 0) is 13.2 Å². The summed E-state index contributed by atoms with van der Waals surface area (Å²) in [5.41, 5.74) is 0.918. The molecule has 0 saturated heterocycles. The number of methoxy groups -OCH3 is 1. The normalized spacial score (nSPS) is 10.9. The highest BCUT2D eigenvalue weighted by Gasteiger charge is 2.13. The highest BCUT2D eigenvalue weighted by Crippen LogP contribution is 2.25. The molecule has 3 rings (SSSR count). The van der Waals surface area contributed by atoms with Crippen LogP contribution in [0, 0.1) is 4.77 Å². The van der Waals surface area contributed by atoms with Gasteiger partial charge in [0.1, 0.15) is 6.61 Å².